The first-order valence-electron chi connectivity index (χ1n) is 9.26. The van der Waals surface area contributed by atoms with Gasteiger partial charge in [0, 0.05) is 18.7 Å². The molecule has 0 aliphatic carbocycles. The average molecular weight is 404 g/mol. The predicted molar refractivity (Wildman–Crippen MR) is 106 cm³/mol. The van der Waals surface area contributed by atoms with Gasteiger partial charge < -0.3 is 4.74 Å². The molecule has 0 N–H and O–H groups in total. The Balaban J connectivity index is 2.00. The maximum Gasteiger partial charge on any atom is 0.271 e. The van der Waals surface area contributed by atoms with Crippen molar-refractivity contribution in [1.29, 1.82) is 0 Å². The summed E-state index contributed by atoms with van der Waals surface area (Å²) in [7, 11) is -3.87. The third kappa shape index (κ3) is 3.74. The summed E-state index contributed by atoms with van der Waals surface area (Å²) in [4.78, 5) is 10.7. The second-order valence-electron chi connectivity index (χ2n) is 6.92. The van der Waals surface area contributed by atoms with Crippen LogP contribution in [-0.4, -0.2) is 30.8 Å². The zero-order valence-corrected chi connectivity index (χ0v) is 17.0. The van der Waals surface area contributed by atoms with Crippen molar-refractivity contribution in [2.24, 2.45) is 0 Å². The highest BCUT2D eigenvalue weighted by atomic mass is 32.2. The van der Waals surface area contributed by atoms with Gasteiger partial charge in [-0.25, -0.2) is 8.42 Å². The lowest BCUT2D eigenvalue weighted by atomic mass is 10.1. The zero-order chi connectivity index (χ0) is 20.5. The van der Waals surface area contributed by atoms with Gasteiger partial charge in [0.1, 0.15) is 5.75 Å². The van der Waals surface area contributed by atoms with Crippen molar-refractivity contribution in [3.63, 3.8) is 0 Å². The molecule has 28 heavy (non-hydrogen) atoms. The van der Waals surface area contributed by atoms with Gasteiger partial charge in [0.25, 0.3) is 5.69 Å². The first-order valence-corrected chi connectivity index (χ1v) is 10.7. The predicted octanol–water partition coefficient (Wildman–Crippen LogP) is 4.14. The van der Waals surface area contributed by atoms with Crippen molar-refractivity contribution in [3.8, 4) is 5.75 Å². The molecule has 0 bridgehead atoms. The minimum Gasteiger partial charge on any atom is -0.494 e. The van der Waals surface area contributed by atoms with Crippen molar-refractivity contribution in [2.45, 2.75) is 44.6 Å². The van der Waals surface area contributed by atoms with Gasteiger partial charge in [-0.1, -0.05) is 12.1 Å². The number of ether oxygens (including phenoxy) is 1. The van der Waals surface area contributed by atoms with Crippen LogP contribution in [0.5, 0.6) is 5.75 Å². The standard InChI is InChI=1S/C20H24N2O5S/c1-4-27-18-9-7-16(8-10-18)19-6-5-11-21(19)28(25,26)20-13-17(22(23)24)12-14(2)15(20)3/h7-10,12-13,19H,4-6,11H2,1-3H3. The first kappa shape index (κ1) is 20.3. The van der Waals surface area contributed by atoms with Crippen LogP contribution in [0.2, 0.25) is 0 Å². The molecule has 1 heterocycles. The van der Waals surface area contributed by atoms with E-state index in [-0.39, 0.29) is 16.6 Å². The lowest BCUT2D eigenvalue weighted by Gasteiger charge is -2.25. The van der Waals surface area contributed by atoms with E-state index in [9.17, 15) is 18.5 Å². The number of aryl methyl sites for hydroxylation is 1. The Morgan fingerprint density at radius 1 is 1.21 bits per heavy atom. The van der Waals surface area contributed by atoms with Gasteiger partial charge in [-0.2, -0.15) is 4.31 Å². The Kier molecular flexibility index (Phi) is 5.71. The van der Waals surface area contributed by atoms with Gasteiger partial charge in [-0.05, 0) is 62.4 Å². The fourth-order valence-electron chi connectivity index (χ4n) is 3.62. The van der Waals surface area contributed by atoms with Crippen LogP contribution in [-0.2, 0) is 10.0 Å². The van der Waals surface area contributed by atoms with Crippen LogP contribution < -0.4 is 4.74 Å². The summed E-state index contributed by atoms with van der Waals surface area (Å²) in [6.45, 7) is 6.24. The molecule has 1 aliphatic rings. The Morgan fingerprint density at radius 3 is 2.50 bits per heavy atom. The van der Waals surface area contributed by atoms with E-state index in [1.807, 2.05) is 31.2 Å². The summed E-state index contributed by atoms with van der Waals surface area (Å²) in [6, 6.07) is 9.73. The molecule has 0 aromatic heterocycles. The maximum atomic E-state index is 13.4. The molecule has 0 spiro atoms. The number of nitro groups is 1. The molecule has 1 saturated heterocycles. The molecular formula is C20H24N2O5S. The van der Waals surface area contributed by atoms with Crippen LogP contribution in [0, 0.1) is 24.0 Å². The van der Waals surface area contributed by atoms with Crippen molar-refractivity contribution in [1.82, 2.24) is 4.31 Å². The molecule has 1 atom stereocenters. The largest absolute Gasteiger partial charge is 0.494 e. The van der Waals surface area contributed by atoms with E-state index >= 15 is 0 Å². The van der Waals surface area contributed by atoms with Gasteiger partial charge in [0.05, 0.1) is 22.5 Å². The topological polar surface area (TPSA) is 89.8 Å². The van der Waals surface area contributed by atoms with Crippen LogP contribution in [0.25, 0.3) is 0 Å². The van der Waals surface area contributed by atoms with Crippen LogP contribution >= 0.6 is 0 Å². The summed E-state index contributed by atoms with van der Waals surface area (Å²) in [6.07, 6.45) is 1.45. The maximum absolute atomic E-state index is 13.4. The molecule has 2 aromatic carbocycles. The summed E-state index contributed by atoms with van der Waals surface area (Å²) in [5, 5.41) is 11.2. The van der Waals surface area contributed by atoms with E-state index in [0.717, 1.165) is 17.7 Å². The minimum atomic E-state index is -3.87. The number of non-ortho nitro benzene ring substituents is 1. The van der Waals surface area contributed by atoms with E-state index in [1.54, 1.807) is 13.8 Å². The number of nitro benzene ring substituents is 1. The van der Waals surface area contributed by atoms with Crippen molar-refractivity contribution in [2.75, 3.05) is 13.2 Å². The van der Waals surface area contributed by atoms with Crippen molar-refractivity contribution in [3.05, 3.63) is 63.2 Å². The lowest BCUT2D eigenvalue weighted by molar-refractivity contribution is -0.385. The van der Waals surface area contributed by atoms with E-state index in [0.29, 0.717) is 30.7 Å². The molecule has 7 nitrogen and oxygen atoms in total. The molecule has 0 saturated carbocycles. The normalized spacial score (nSPS) is 17.6. The summed E-state index contributed by atoms with van der Waals surface area (Å²) in [5.41, 5.74) is 1.82. The molecule has 2 aromatic rings. The minimum absolute atomic E-state index is 0.0111. The number of rotatable bonds is 6. The SMILES string of the molecule is CCOc1ccc(C2CCCN2S(=O)(=O)c2cc([N+](=O)[O-])cc(C)c2C)cc1. The Bertz CT molecular complexity index is 986. The average Bonchev–Trinajstić information content (AvgIpc) is 3.15. The monoisotopic (exact) mass is 404 g/mol. The molecule has 3 rings (SSSR count). The third-order valence-corrected chi connectivity index (χ3v) is 7.22. The highest BCUT2D eigenvalue weighted by Crippen LogP contribution is 2.38. The molecule has 1 aliphatic heterocycles. The molecule has 0 amide bonds. The molecule has 1 unspecified atom stereocenters. The Hall–Kier alpha value is -2.45. The zero-order valence-electron chi connectivity index (χ0n) is 16.2. The van der Waals surface area contributed by atoms with Gasteiger partial charge in [-0.15, -0.1) is 0 Å². The number of hydrogen-bond donors (Lipinski definition) is 0. The number of hydrogen-bond acceptors (Lipinski definition) is 5. The van der Waals surface area contributed by atoms with Crippen LogP contribution in [0.4, 0.5) is 5.69 Å². The second-order valence-corrected chi connectivity index (χ2v) is 8.78. The summed E-state index contributed by atoms with van der Waals surface area (Å²) < 4.78 is 33.8. The van der Waals surface area contributed by atoms with Crippen molar-refractivity contribution < 1.29 is 18.1 Å². The Morgan fingerprint density at radius 2 is 1.89 bits per heavy atom. The highest BCUT2D eigenvalue weighted by Gasteiger charge is 2.37. The molecule has 0 radical (unpaired) electrons. The number of sulfonamides is 1. The van der Waals surface area contributed by atoms with Gasteiger partial charge in [-0.3, -0.25) is 10.1 Å². The van der Waals surface area contributed by atoms with E-state index in [1.165, 1.54) is 16.4 Å². The van der Waals surface area contributed by atoms with Gasteiger partial charge in [0.15, 0.2) is 0 Å². The fourth-order valence-corrected chi connectivity index (χ4v) is 5.62. The summed E-state index contributed by atoms with van der Waals surface area (Å²) >= 11 is 0. The third-order valence-electron chi connectivity index (χ3n) is 5.18. The quantitative estimate of drug-likeness (QED) is 0.533. The van der Waals surface area contributed by atoms with Crippen LogP contribution in [0.1, 0.15) is 42.5 Å². The van der Waals surface area contributed by atoms with Crippen LogP contribution in [0.3, 0.4) is 0 Å². The molecule has 150 valence electrons. The van der Waals surface area contributed by atoms with E-state index in [4.69, 9.17) is 4.74 Å². The van der Waals surface area contributed by atoms with Gasteiger partial charge in [0.2, 0.25) is 10.0 Å². The van der Waals surface area contributed by atoms with Crippen molar-refractivity contribution >= 4 is 15.7 Å². The molecular weight excluding hydrogens is 380 g/mol. The highest BCUT2D eigenvalue weighted by molar-refractivity contribution is 7.89. The number of benzene rings is 2. The summed E-state index contributed by atoms with van der Waals surface area (Å²) in [5.74, 6) is 0.740. The fraction of sp³-hybridized carbons (Fsp3) is 0.400. The van der Waals surface area contributed by atoms with Crippen LogP contribution in [0.15, 0.2) is 41.3 Å². The smallest absolute Gasteiger partial charge is 0.271 e. The van der Waals surface area contributed by atoms with E-state index in [2.05, 4.69) is 0 Å². The first-order chi connectivity index (χ1) is 13.3. The van der Waals surface area contributed by atoms with Gasteiger partial charge >= 0.3 is 0 Å². The Labute approximate surface area is 165 Å². The second kappa shape index (κ2) is 7.89. The molecule has 8 heteroatoms. The molecule has 1 fully saturated rings. The number of nitrogens with zero attached hydrogens (tertiary/aromatic N) is 2. The van der Waals surface area contributed by atoms with E-state index < -0.39 is 14.9 Å². The lowest BCUT2D eigenvalue weighted by Crippen LogP contribution is -2.31.